The van der Waals surface area contributed by atoms with E-state index in [4.69, 9.17) is 16.3 Å². The highest BCUT2D eigenvalue weighted by Crippen LogP contribution is 2.40. The number of hydrogen-bond donors (Lipinski definition) is 3. The number of amides is 1. The maximum absolute atomic E-state index is 13.8. The van der Waals surface area contributed by atoms with E-state index in [1.807, 2.05) is 0 Å². The van der Waals surface area contributed by atoms with E-state index < -0.39 is 53.8 Å². The van der Waals surface area contributed by atoms with E-state index in [1.54, 1.807) is 23.1 Å². The first-order chi connectivity index (χ1) is 18.2. The van der Waals surface area contributed by atoms with Gasteiger partial charge < -0.3 is 25.0 Å². The molecule has 1 aromatic heterocycles. The summed E-state index contributed by atoms with van der Waals surface area (Å²) in [4.78, 5) is 15.1. The summed E-state index contributed by atoms with van der Waals surface area (Å²) < 4.78 is 47.9. The van der Waals surface area contributed by atoms with Crippen LogP contribution < -0.4 is 0 Å². The van der Waals surface area contributed by atoms with Gasteiger partial charge in [0, 0.05) is 34.8 Å². The summed E-state index contributed by atoms with van der Waals surface area (Å²) >= 11 is 7.20. The lowest BCUT2D eigenvalue weighted by Gasteiger charge is -2.42. The Labute approximate surface area is 224 Å². The minimum absolute atomic E-state index is 0.00129. The molecule has 202 valence electrons. The van der Waals surface area contributed by atoms with Crippen molar-refractivity contribution in [2.45, 2.75) is 41.1 Å². The fourth-order valence-electron chi connectivity index (χ4n) is 4.44. The number of hydrogen-bond acceptors (Lipinski definition) is 7. The van der Waals surface area contributed by atoms with Crippen molar-refractivity contribution in [3.8, 4) is 11.1 Å². The molecule has 3 heterocycles. The molecule has 0 spiro atoms. The molecule has 2 aliphatic heterocycles. The van der Waals surface area contributed by atoms with Crippen LogP contribution in [0.2, 0.25) is 5.02 Å². The molecule has 3 aromatic rings. The van der Waals surface area contributed by atoms with Gasteiger partial charge in [-0.15, -0.1) is 0 Å². The van der Waals surface area contributed by atoms with Crippen LogP contribution in [-0.2, 0) is 4.74 Å². The number of carbonyl (C=O) groups excluding carboxylic acids is 1. The van der Waals surface area contributed by atoms with Crippen LogP contribution in [0, 0.1) is 17.5 Å². The molecule has 0 radical (unpaired) electrons. The first-order valence-electron chi connectivity index (χ1n) is 11.7. The van der Waals surface area contributed by atoms with Gasteiger partial charge in [-0.05, 0) is 42.3 Å². The van der Waals surface area contributed by atoms with Crippen molar-refractivity contribution in [2.75, 3.05) is 19.7 Å². The number of halogens is 4. The Hall–Kier alpha value is -2.61. The van der Waals surface area contributed by atoms with Gasteiger partial charge in [0.25, 0.3) is 5.91 Å². The lowest BCUT2D eigenvalue weighted by Crippen LogP contribution is -2.55. The van der Waals surface area contributed by atoms with Crippen molar-refractivity contribution in [2.24, 2.45) is 0 Å². The molecule has 2 saturated heterocycles. The second-order valence-electron chi connectivity index (χ2n) is 9.06. The molecule has 0 bridgehead atoms. The molecule has 8 nitrogen and oxygen atoms in total. The fourth-order valence-corrected chi connectivity index (χ4v) is 5.90. The Morgan fingerprint density at radius 1 is 1.11 bits per heavy atom. The second kappa shape index (κ2) is 10.9. The zero-order valence-corrected chi connectivity index (χ0v) is 21.2. The second-order valence-corrected chi connectivity index (χ2v) is 10.6. The minimum Gasteiger partial charge on any atom is -0.394 e. The van der Waals surface area contributed by atoms with E-state index in [0.717, 1.165) is 30.3 Å². The van der Waals surface area contributed by atoms with Gasteiger partial charge in [-0.3, -0.25) is 9.48 Å². The number of carbonyl (C=O) groups is 1. The van der Waals surface area contributed by atoms with Gasteiger partial charge in [0.1, 0.15) is 29.8 Å². The smallest absolute Gasteiger partial charge is 0.254 e. The lowest BCUT2D eigenvalue weighted by atomic mass is 9.97. The topological polar surface area (TPSA) is 108 Å². The van der Waals surface area contributed by atoms with Crippen molar-refractivity contribution >= 4 is 29.3 Å². The van der Waals surface area contributed by atoms with E-state index in [0.29, 0.717) is 28.6 Å². The van der Waals surface area contributed by atoms with Crippen LogP contribution >= 0.6 is 23.4 Å². The number of ether oxygens (including phenoxy) is 1. The molecule has 0 unspecified atom stereocenters. The number of aliphatic hydroxyl groups excluding tert-OH is 3. The Morgan fingerprint density at radius 2 is 1.82 bits per heavy atom. The predicted octanol–water partition coefficient (Wildman–Crippen LogP) is 3.24. The summed E-state index contributed by atoms with van der Waals surface area (Å²) in [6, 6.07) is 5.23. The lowest BCUT2D eigenvalue weighted by molar-refractivity contribution is -0.178. The van der Waals surface area contributed by atoms with Crippen LogP contribution in [0.4, 0.5) is 13.2 Å². The normalized spacial score (nSPS) is 25.3. The quantitative estimate of drug-likeness (QED) is 0.391. The molecule has 2 aromatic carbocycles. The zero-order valence-electron chi connectivity index (χ0n) is 19.7. The molecule has 0 saturated carbocycles. The van der Waals surface area contributed by atoms with Crippen molar-refractivity contribution < 1.29 is 38.0 Å². The number of thioether (sulfide) groups is 1. The Balaban J connectivity index is 1.44. The largest absolute Gasteiger partial charge is 0.394 e. The predicted molar refractivity (Wildman–Crippen MR) is 132 cm³/mol. The highest BCUT2D eigenvalue weighted by Gasteiger charge is 2.46. The van der Waals surface area contributed by atoms with Gasteiger partial charge in [0.15, 0.2) is 17.5 Å². The molecule has 5 atom stereocenters. The Morgan fingerprint density at radius 3 is 2.45 bits per heavy atom. The average molecular weight is 570 g/mol. The Bertz CT molecular complexity index is 1330. The Kier molecular flexibility index (Phi) is 7.72. The first kappa shape index (κ1) is 27.0. The summed E-state index contributed by atoms with van der Waals surface area (Å²) in [5.74, 6) is -4.54. The van der Waals surface area contributed by atoms with Crippen LogP contribution in [0.3, 0.4) is 0 Å². The fraction of sp³-hybridized carbons (Fsp3) is 0.360. The maximum Gasteiger partial charge on any atom is 0.254 e. The molecular formula is C25H23ClF3N3O5S. The van der Waals surface area contributed by atoms with E-state index in [1.165, 1.54) is 17.1 Å². The van der Waals surface area contributed by atoms with E-state index in [-0.39, 0.29) is 17.0 Å². The zero-order chi connectivity index (χ0) is 27.1. The summed E-state index contributed by atoms with van der Waals surface area (Å²) in [5, 5.41) is 36.5. The first-order valence-corrected chi connectivity index (χ1v) is 13.0. The van der Waals surface area contributed by atoms with Gasteiger partial charge in [0.05, 0.1) is 18.4 Å². The van der Waals surface area contributed by atoms with Crippen LogP contribution in [0.1, 0.15) is 22.8 Å². The summed E-state index contributed by atoms with van der Waals surface area (Å²) in [7, 11) is 0. The van der Waals surface area contributed by atoms with Crippen molar-refractivity contribution in [1.29, 1.82) is 0 Å². The van der Waals surface area contributed by atoms with Gasteiger partial charge in [-0.2, -0.15) is 5.10 Å². The highest BCUT2D eigenvalue weighted by molar-refractivity contribution is 8.00. The van der Waals surface area contributed by atoms with Gasteiger partial charge >= 0.3 is 0 Å². The van der Waals surface area contributed by atoms with E-state index >= 15 is 0 Å². The van der Waals surface area contributed by atoms with Crippen molar-refractivity contribution in [3.05, 3.63) is 70.8 Å². The molecule has 38 heavy (non-hydrogen) atoms. The third kappa shape index (κ3) is 5.04. The molecule has 5 rings (SSSR count). The number of benzene rings is 2. The number of aromatic nitrogens is 2. The van der Waals surface area contributed by atoms with Crippen LogP contribution in [-0.4, -0.2) is 79.4 Å². The van der Waals surface area contributed by atoms with Gasteiger partial charge in [-0.25, -0.2) is 13.2 Å². The summed E-state index contributed by atoms with van der Waals surface area (Å²) in [6.45, 7) is 0.690. The molecule has 1 amide bonds. The van der Waals surface area contributed by atoms with Crippen molar-refractivity contribution in [3.63, 3.8) is 0 Å². The van der Waals surface area contributed by atoms with Crippen molar-refractivity contribution in [1.82, 2.24) is 14.7 Å². The maximum atomic E-state index is 13.8. The third-order valence-corrected chi connectivity index (χ3v) is 8.08. The summed E-state index contributed by atoms with van der Waals surface area (Å²) in [5.41, 5.74) is -0.479. The van der Waals surface area contributed by atoms with Gasteiger partial charge in [-0.1, -0.05) is 23.4 Å². The molecular weight excluding hydrogens is 547 g/mol. The standard InChI is InChI=1S/C25H23ClF3N3O5S/c26-14-2-3-15(24(36)31-4-1-5-31)19(8-14)38-25-23(35)21(22(34)18(11-33)37-25)32-10-13(9-30-32)12-6-16(27)20(29)17(28)7-12/h2-3,6-10,18,21-23,25,33-35H,1,4-5,11H2/t18-,21+,22+,23-,25-/m1/s1. The molecule has 13 heteroatoms. The SMILES string of the molecule is O=C(c1ccc(Cl)cc1S[C@H]1O[C@H](CO)[C@H](O)[C@H](n2cc(-c3cc(F)c(F)c(F)c3)cn2)[C@H]1O)N1CCC1. The molecule has 0 aliphatic carbocycles. The number of likely N-dealkylation sites (tertiary alicyclic amines) is 1. The van der Waals surface area contributed by atoms with Crippen LogP contribution in [0.5, 0.6) is 0 Å². The average Bonchev–Trinajstić information content (AvgIpc) is 3.33. The highest BCUT2D eigenvalue weighted by atomic mass is 35.5. The van der Waals surface area contributed by atoms with Crippen LogP contribution in [0.15, 0.2) is 47.6 Å². The monoisotopic (exact) mass is 569 g/mol. The number of aliphatic hydroxyl groups is 3. The minimum atomic E-state index is -1.60. The summed E-state index contributed by atoms with van der Waals surface area (Å²) in [6.07, 6.45) is -0.447. The molecule has 3 N–H and O–H groups in total. The van der Waals surface area contributed by atoms with E-state index in [9.17, 15) is 33.3 Å². The number of nitrogens with zero attached hydrogens (tertiary/aromatic N) is 3. The molecule has 2 fully saturated rings. The molecule has 2 aliphatic rings. The van der Waals surface area contributed by atoms with Crippen LogP contribution in [0.25, 0.3) is 11.1 Å². The number of rotatable bonds is 6. The van der Waals surface area contributed by atoms with Gasteiger partial charge in [0.2, 0.25) is 0 Å². The van der Waals surface area contributed by atoms with E-state index in [2.05, 4.69) is 5.10 Å². The third-order valence-electron chi connectivity index (χ3n) is 6.63.